The largest absolute Gasteiger partial charge is 0.480 e. The normalized spacial score (nSPS) is 25.0. The summed E-state index contributed by atoms with van der Waals surface area (Å²) in [5.41, 5.74) is -0.499. The van der Waals surface area contributed by atoms with Gasteiger partial charge in [-0.25, -0.2) is 9.59 Å². The number of anilines is 1. The van der Waals surface area contributed by atoms with E-state index >= 15 is 0 Å². The van der Waals surface area contributed by atoms with Crippen molar-refractivity contribution in [2.45, 2.75) is 44.2 Å². The smallest absolute Gasteiger partial charge is 0.411 e. The summed E-state index contributed by atoms with van der Waals surface area (Å²) in [5.74, 6) is -1.45. The van der Waals surface area contributed by atoms with Gasteiger partial charge in [0, 0.05) is 16.7 Å². The number of benzene rings is 1. The van der Waals surface area contributed by atoms with Gasteiger partial charge in [0.05, 0.1) is 5.41 Å². The Morgan fingerprint density at radius 1 is 1.40 bits per heavy atom. The summed E-state index contributed by atoms with van der Waals surface area (Å²) in [4.78, 5) is 38.1. The van der Waals surface area contributed by atoms with Gasteiger partial charge < -0.3 is 15.2 Å². The molecule has 1 aromatic rings. The molecule has 1 aromatic carbocycles. The highest BCUT2D eigenvalue weighted by Crippen LogP contribution is 2.47. The third-order valence-electron chi connectivity index (χ3n) is 4.45. The van der Waals surface area contributed by atoms with E-state index in [0.717, 1.165) is 9.37 Å². The first-order valence-corrected chi connectivity index (χ1v) is 8.67. The lowest BCUT2D eigenvalue weighted by molar-refractivity contribution is -0.142. The van der Waals surface area contributed by atoms with Crippen LogP contribution in [0.3, 0.4) is 0 Å². The highest BCUT2D eigenvalue weighted by molar-refractivity contribution is 9.10. The van der Waals surface area contributed by atoms with Crippen molar-refractivity contribution in [2.75, 3.05) is 11.9 Å². The van der Waals surface area contributed by atoms with E-state index < -0.39 is 29.1 Å². The quantitative estimate of drug-likeness (QED) is 0.741. The van der Waals surface area contributed by atoms with E-state index in [-0.39, 0.29) is 18.9 Å². The van der Waals surface area contributed by atoms with E-state index in [1.165, 1.54) is 0 Å². The molecule has 0 saturated carbocycles. The fourth-order valence-corrected chi connectivity index (χ4v) is 3.75. The minimum Gasteiger partial charge on any atom is -0.480 e. The number of nitrogens with one attached hydrogen (secondary N) is 1. The number of likely N-dealkylation sites (tertiary alicyclic amines) is 1. The van der Waals surface area contributed by atoms with Crippen molar-refractivity contribution in [3.63, 3.8) is 0 Å². The third kappa shape index (κ3) is 2.99. The first-order valence-electron chi connectivity index (χ1n) is 7.87. The molecule has 0 radical (unpaired) electrons. The molecular weight excluding hydrogens is 392 g/mol. The maximum Gasteiger partial charge on any atom is 0.411 e. The van der Waals surface area contributed by atoms with Crippen LogP contribution in [-0.2, 0) is 19.7 Å². The van der Waals surface area contributed by atoms with Gasteiger partial charge in [0.25, 0.3) is 0 Å². The molecule has 8 heteroatoms. The molecule has 2 amide bonds. The molecule has 1 fully saturated rings. The van der Waals surface area contributed by atoms with Gasteiger partial charge >= 0.3 is 12.1 Å². The van der Waals surface area contributed by atoms with Gasteiger partial charge in [-0.1, -0.05) is 15.9 Å². The van der Waals surface area contributed by atoms with Crippen LogP contribution in [0.4, 0.5) is 10.5 Å². The van der Waals surface area contributed by atoms with Crippen molar-refractivity contribution >= 4 is 39.6 Å². The van der Waals surface area contributed by atoms with Gasteiger partial charge in [-0.2, -0.15) is 0 Å². The van der Waals surface area contributed by atoms with E-state index in [2.05, 4.69) is 21.2 Å². The molecule has 0 bridgehead atoms. The number of halogens is 1. The summed E-state index contributed by atoms with van der Waals surface area (Å²) in [7, 11) is 0. The Balaban J connectivity index is 2.01. The predicted molar refractivity (Wildman–Crippen MR) is 93.4 cm³/mol. The molecular formula is C17H19BrN2O5. The second kappa shape index (κ2) is 5.72. The number of ether oxygens (including phenoxy) is 1. The minimum absolute atomic E-state index is 0.0108. The van der Waals surface area contributed by atoms with Crippen LogP contribution in [0.15, 0.2) is 22.7 Å². The van der Waals surface area contributed by atoms with Crippen molar-refractivity contribution in [3.8, 4) is 0 Å². The molecule has 1 saturated heterocycles. The van der Waals surface area contributed by atoms with E-state index in [1.807, 2.05) is 0 Å². The van der Waals surface area contributed by atoms with Crippen LogP contribution in [0.2, 0.25) is 0 Å². The van der Waals surface area contributed by atoms with Gasteiger partial charge in [0.15, 0.2) is 0 Å². The van der Waals surface area contributed by atoms with Crippen LogP contribution in [0.1, 0.15) is 32.8 Å². The lowest BCUT2D eigenvalue weighted by Gasteiger charge is -2.27. The fraction of sp³-hybridized carbons (Fsp3) is 0.471. The number of nitrogens with zero attached hydrogens (tertiary/aromatic N) is 1. The number of carboxylic acid groups (broad SMARTS) is 1. The first-order chi connectivity index (χ1) is 11.5. The van der Waals surface area contributed by atoms with Crippen molar-refractivity contribution in [1.82, 2.24) is 4.90 Å². The van der Waals surface area contributed by atoms with Crippen molar-refractivity contribution in [1.29, 1.82) is 0 Å². The van der Waals surface area contributed by atoms with Crippen LogP contribution in [0.5, 0.6) is 0 Å². The second-order valence-corrected chi connectivity index (χ2v) is 8.31. The average Bonchev–Trinajstić information content (AvgIpc) is 3.00. The predicted octanol–water partition coefficient (Wildman–Crippen LogP) is 2.73. The van der Waals surface area contributed by atoms with Crippen LogP contribution in [0.25, 0.3) is 0 Å². The molecule has 2 atom stereocenters. The summed E-state index contributed by atoms with van der Waals surface area (Å²) < 4.78 is 6.12. The SMILES string of the molecule is CC(C)(C)OC(=O)N1C[C@]2(C[C@H]1C(=O)O)C(=O)Nc1ccc(Br)cc12. The average molecular weight is 411 g/mol. The molecule has 0 unspecified atom stereocenters. The standard InChI is InChI=1S/C17H19BrN2O5/c1-16(2,3)25-15(24)20-8-17(7-12(20)13(21)22)10-6-9(18)4-5-11(10)19-14(17)23/h4-6,12H,7-8H2,1-3H3,(H,19,23)(H,21,22)/t12-,17-/m0/s1. The highest BCUT2D eigenvalue weighted by Gasteiger charge is 2.58. The Morgan fingerprint density at radius 2 is 2.08 bits per heavy atom. The Kier molecular flexibility index (Phi) is 4.06. The van der Waals surface area contributed by atoms with E-state index in [4.69, 9.17) is 4.74 Å². The topological polar surface area (TPSA) is 95.9 Å². The molecule has 2 aliphatic rings. The Labute approximate surface area is 153 Å². The molecule has 1 spiro atoms. The minimum atomic E-state index is -1.15. The molecule has 134 valence electrons. The summed E-state index contributed by atoms with van der Waals surface area (Å²) >= 11 is 3.38. The molecule has 2 heterocycles. The maximum atomic E-state index is 12.7. The number of hydrogen-bond donors (Lipinski definition) is 2. The summed E-state index contributed by atoms with van der Waals surface area (Å²) in [6.45, 7) is 5.10. The number of carbonyl (C=O) groups excluding carboxylic acids is 2. The van der Waals surface area contributed by atoms with Crippen molar-refractivity contribution < 1.29 is 24.2 Å². The van der Waals surface area contributed by atoms with E-state index in [9.17, 15) is 19.5 Å². The molecule has 7 nitrogen and oxygen atoms in total. The van der Waals surface area contributed by atoms with Crippen LogP contribution >= 0.6 is 15.9 Å². The number of aliphatic carboxylic acids is 1. The first kappa shape index (κ1) is 17.7. The number of rotatable bonds is 1. The molecule has 0 aromatic heterocycles. The zero-order valence-corrected chi connectivity index (χ0v) is 15.7. The monoisotopic (exact) mass is 410 g/mol. The highest BCUT2D eigenvalue weighted by atomic mass is 79.9. The van der Waals surface area contributed by atoms with Gasteiger partial charge in [0.2, 0.25) is 5.91 Å². The van der Waals surface area contributed by atoms with Crippen LogP contribution < -0.4 is 5.32 Å². The Bertz CT molecular complexity index is 773. The van der Waals surface area contributed by atoms with Gasteiger partial charge in [-0.3, -0.25) is 9.69 Å². The van der Waals surface area contributed by atoms with E-state index in [1.54, 1.807) is 39.0 Å². The number of hydrogen-bond acceptors (Lipinski definition) is 4. The lowest BCUT2D eigenvalue weighted by Crippen LogP contribution is -2.44. The van der Waals surface area contributed by atoms with Gasteiger partial charge in [-0.15, -0.1) is 0 Å². The van der Waals surface area contributed by atoms with Gasteiger partial charge in [-0.05, 0) is 51.0 Å². The Hall–Kier alpha value is -2.09. The zero-order chi connectivity index (χ0) is 18.6. The molecule has 25 heavy (non-hydrogen) atoms. The second-order valence-electron chi connectivity index (χ2n) is 7.39. The number of amides is 2. The van der Waals surface area contributed by atoms with Gasteiger partial charge in [0.1, 0.15) is 11.6 Å². The third-order valence-corrected chi connectivity index (χ3v) is 4.94. The summed E-state index contributed by atoms with van der Waals surface area (Å²) in [6, 6.07) is 4.24. The van der Waals surface area contributed by atoms with Crippen molar-refractivity contribution in [3.05, 3.63) is 28.2 Å². The van der Waals surface area contributed by atoms with Crippen LogP contribution in [-0.4, -0.2) is 46.2 Å². The molecule has 3 rings (SSSR count). The number of fused-ring (bicyclic) bond motifs is 2. The zero-order valence-electron chi connectivity index (χ0n) is 14.1. The number of carboxylic acids is 1. The van der Waals surface area contributed by atoms with Crippen LogP contribution in [0, 0.1) is 0 Å². The lowest BCUT2D eigenvalue weighted by atomic mass is 9.79. The van der Waals surface area contributed by atoms with E-state index in [0.29, 0.717) is 11.3 Å². The van der Waals surface area contributed by atoms with Crippen molar-refractivity contribution in [2.24, 2.45) is 0 Å². The summed E-state index contributed by atoms with van der Waals surface area (Å²) in [6.07, 6.45) is -0.718. The maximum absolute atomic E-state index is 12.7. The Morgan fingerprint density at radius 3 is 2.68 bits per heavy atom. The fourth-order valence-electron chi connectivity index (χ4n) is 3.38. The molecule has 2 aliphatic heterocycles. The molecule has 2 N–H and O–H groups in total. The number of carbonyl (C=O) groups is 3. The summed E-state index contributed by atoms with van der Waals surface area (Å²) in [5, 5.41) is 12.4. The molecule has 0 aliphatic carbocycles.